The number of hydrogen-bond acceptors (Lipinski definition) is 4. The van der Waals surface area contributed by atoms with E-state index in [9.17, 15) is 0 Å². The average Bonchev–Trinajstić information content (AvgIpc) is 3.12. The van der Waals surface area contributed by atoms with Gasteiger partial charge in [-0.1, -0.05) is 24.3 Å². The summed E-state index contributed by atoms with van der Waals surface area (Å²) in [6, 6.07) is 15.9. The summed E-state index contributed by atoms with van der Waals surface area (Å²) in [6.45, 7) is 5.28. The lowest BCUT2D eigenvalue weighted by atomic mass is 10.1. The van der Waals surface area contributed by atoms with Gasteiger partial charge in [-0.25, -0.2) is 4.98 Å². The smallest absolute Gasteiger partial charge is 0.181 e. The normalized spacial score (nSPS) is 10.5. The predicted octanol–water partition coefficient (Wildman–Crippen LogP) is 3.42. The van der Waals surface area contributed by atoms with E-state index in [0.717, 1.165) is 35.8 Å². The highest BCUT2D eigenvalue weighted by Crippen LogP contribution is 2.22. The van der Waals surface area contributed by atoms with Crippen molar-refractivity contribution < 1.29 is 4.74 Å². The van der Waals surface area contributed by atoms with Crippen LogP contribution in [0.15, 0.2) is 61.2 Å². The Balaban J connectivity index is 1.79. The molecule has 0 fully saturated rings. The van der Waals surface area contributed by atoms with Gasteiger partial charge in [0.25, 0.3) is 0 Å². The Labute approximate surface area is 141 Å². The molecule has 0 bridgehead atoms. The number of aromatic amines is 1. The minimum absolute atomic E-state index is 0.686. The van der Waals surface area contributed by atoms with Gasteiger partial charge in [0.15, 0.2) is 11.6 Å². The molecule has 0 aliphatic rings. The van der Waals surface area contributed by atoms with Gasteiger partial charge in [0.1, 0.15) is 5.75 Å². The number of rotatable bonds is 7. The Kier molecular flexibility index (Phi) is 5.03. The molecule has 1 aromatic heterocycles. The molecule has 122 valence electrons. The Hall–Kier alpha value is -2.92. The molecule has 1 heterocycles. The van der Waals surface area contributed by atoms with Gasteiger partial charge in [-0.2, -0.15) is 5.10 Å². The number of benzene rings is 2. The first-order valence-electron chi connectivity index (χ1n) is 7.78. The zero-order valence-corrected chi connectivity index (χ0v) is 13.6. The Bertz CT molecular complexity index is 808. The summed E-state index contributed by atoms with van der Waals surface area (Å²) in [6.07, 6.45) is 1.85. The highest BCUT2D eigenvalue weighted by Gasteiger charge is 2.08. The molecule has 5 nitrogen and oxygen atoms in total. The van der Waals surface area contributed by atoms with Gasteiger partial charge in [0, 0.05) is 24.2 Å². The summed E-state index contributed by atoms with van der Waals surface area (Å²) in [5.41, 5.74) is 3.15. The van der Waals surface area contributed by atoms with E-state index >= 15 is 0 Å². The van der Waals surface area contributed by atoms with E-state index in [2.05, 4.69) is 39.2 Å². The quantitative estimate of drug-likeness (QED) is 0.517. The van der Waals surface area contributed by atoms with Gasteiger partial charge in [0.2, 0.25) is 0 Å². The van der Waals surface area contributed by atoms with E-state index in [-0.39, 0.29) is 0 Å². The minimum atomic E-state index is 0.686. The molecule has 2 aromatic carbocycles. The number of nitrogens with zero attached hydrogens (tertiary/aromatic N) is 2. The van der Waals surface area contributed by atoms with Gasteiger partial charge >= 0.3 is 0 Å². The standard InChI is InChI=1S/C19H20N4O/c1-3-11-20-13-14-5-4-6-16(12-14)19-21-18(22-23-19)15-7-9-17(24-2)10-8-15/h3-10,12,20H,1,11,13H2,2H3,(H,21,22,23). The molecule has 0 aliphatic carbocycles. The van der Waals surface area contributed by atoms with Gasteiger partial charge in [-0.3, -0.25) is 5.10 Å². The summed E-state index contributed by atoms with van der Waals surface area (Å²) in [4.78, 5) is 4.60. The van der Waals surface area contributed by atoms with Crippen molar-refractivity contribution >= 4 is 0 Å². The van der Waals surface area contributed by atoms with Crippen LogP contribution in [-0.2, 0) is 6.54 Å². The first kappa shape index (κ1) is 16.0. The third kappa shape index (κ3) is 3.70. The molecule has 5 heteroatoms. The lowest BCUT2D eigenvalue weighted by Crippen LogP contribution is -2.12. The predicted molar refractivity (Wildman–Crippen MR) is 95.7 cm³/mol. The van der Waals surface area contributed by atoms with Crippen molar-refractivity contribution in [1.82, 2.24) is 20.5 Å². The van der Waals surface area contributed by atoms with E-state index in [4.69, 9.17) is 4.74 Å². The highest BCUT2D eigenvalue weighted by molar-refractivity contribution is 5.62. The maximum Gasteiger partial charge on any atom is 0.181 e. The fourth-order valence-electron chi connectivity index (χ4n) is 2.41. The maximum atomic E-state index is 5.17. The molecule has 3 rings (SSSR count). The van der Waals surface area contributed by atoms with Crippen LogP contribution in [0.3, 0.4) is 0 Å². The zero-order chi connectivity index (χ0) is 16.8. The van der Waals surface area contributed by atoms with Crippen LogP contribution in [0.2, 0.25) is 0 Å². The molecule has 0 amide bonds. The van der Waals surface area contributed by atoms with E-state index < -0.39 is 0 Å². The van der Waals surface area contributed by atoms with E-state index in [1.165, 1.54) is 5.56 Å². The van der Waals surface area contributed by atoms with Crippen LogP contribution < -0.4 is 10.1 Å². The van der Waals surface area contributed by atoms with Crippen LogP contribution >= 0.6 is 0 Å². The number of ether oxygens (including phenoxy) is 1. The fraction of sp³-hybridized carbons (Fsp3) is 0.158. The third-order valence-electron chi connectivity index (χ3n) is 3.65. The highest BCUT2D eigenvalue weighted by atomic mass is 16.5. The van der Waals surface area contributed by atoms with Crippen molar-refractivity contribution in [3.05, 3.63) is 66.7 Å². The summed E-state index contributed by atoms with van der Waals surface area (Å²) in [5, 5.41) is 10.6. The second-order valence-corrected chi connectivity index (χ2v) is 5.36. The first-order chi connectivity index (χ1) is 11.8. The number of methoxy groups -OCH3 is 1. The zero-order valence-electron chi connectivity index (χ0n) is 13.6. The molecule has 2 N–H and O–H groups in total. The Morgan fingerprint density at radius 3 is 2.75 bits per heavy atom. The van der Waals surface area contributed by atoms with E-state index in [0.29, 0.717) is 5.82 Å². The molecule has 0 saturated carbocycles. The maximum absolute atomic E-state index is 5.17. The Morgan fingerprint density at radius 2 is 2.00 bits per heavy atom. The monoisotopic (exact) mass is 320 g/mol. The molecular weight excluding hydrogens is 300 g/mol. The van der Waals surface area contributed by atoms with Gasteiger partial charge in [-0.15, -0.1) is 6.58 Å². The van der Waals surface area contributed by atoms with Crippen LogP contribution in [0, 0.1) is 0 Å². The average molecular weight is 320 g/mol. The third-order valence-corrected chi connectivity index (χ3v) is 3.65. The molecule has 24 heavy (non-hydrogen) atoms. The lowest BCUT2D eigenvalue weighted by molar-refractivity contribution is 0.415. The number of aromatic nitrogens is 3. The van der Waals surface area contributed by atoms with Crippen LogP contribution in [0.25, 0.3) is 22.8 Å². The van der Waals surface area contributed by atoms with Gasteiger partial charge < -0.3 is 10.1 Å². The van der Waals surface area contributed by atoms with E-state index in [1.54, 1.807) is 7.11 Å². The summed E-state index contributed by atoms with van der Waals surface area (Å²) >= 11 is 0. The second kappa shape index (κ2) is 7.57. The molecule has 0 unspecified atom stereocenters. The van der Waals surface area contributed by atoms with Gasteiger partial charge in [-0.05, 0) is 35.9 Å². The molecular formula is C19H20N4O. The number of H-pyrrole nitrogens is 1. The van der Waals surface area contributed by atoms with Crippen LogP contribution in [0.1, 0.15) is 5.56 Å². The number of hydrogen-bond donors (Lipinski definition) is 2. The van der Waals surface area contributed by atoms with Gasteiger partial charge in [0.05, 0.1) is 7.11 Å². The van der Waals surface area contributed by atoms with Crippen molar-refractivity contribution in [2.45, 2.75) is 6.54 Å². The molecule has 0 atom stereocenters. The fourth-order valence-corrected chi connectivity index (χ4v) is 2.41. The summed E-state index contributed by atoms with van der Waals surface area (Å²) in [5.74, 6) is 2.24. The lowest BCUT2D eigenvalue weighted by Gasteiger charge is -2.03. The van der Waals surface area contributed by atoms with Crippen molar-refractivity contribution in [1.29, 1.82) is 0 Å². The van der Waals surface area contributed by atoms with Crippen molar-refractivity contribution in [3.63, 3.8) is 0 Å². The summed E-state index contributed by atoms with van der Waals surface area (Å²) < 4.78 is 5.17. The van der Waals surface area contributed by atoms with Crippen LogP contribution in [-0.4, -0.2) is 28.8 Å². The summed E-state index contributed by atoms with van der Waals surface area (Å²) in [7, 11) is 1.65. The van der Waals surface area contributed by atoms with Crippen molar-refractivity contribution in [2.75, 3.05) is 13.7 Å². The minimum Gasteiger partial charge on any atom is -0.497 e. The van der Waals surface area contributed by atoms with Crippen LogP contribution in [0.4, 0.5) is 0 Å². The largest absolute Gasteiger partial charge is 0.497 e. The van der Waals surface area contributed by atoms with Crippen molar-refractivity contribution in [3.8, 4) is 28.5 Å². The van der Waals surface area contributed by atoms with Crippen molar-refractivity contribution in [2.24, 2.45) is 0 Å². The van der Waals surface area contributed by atoms with E-state index in [1.807, 2.05) is 42.5 Å². The van der Waals surface area contributed by atoms with Crippen LogP contribution in [0.5, 0.6) is 5.75 Å². The molecule has 0 saturated heterocycles. The molecule has 3 aromatic rings. The SMILES string of the molecule is C=CCNCc1cccc(-c2n[nH]c(-c3ccc(OC)cc3)n2)c1. The molecule has 0 spiro atoms. The molecule has 0 aliphatic heterocycles. The first-order valence-corrected chi connectivity index (χ1v) is 7.78. The topological polar surface area (TPSA) is 62.8 Å². The molecule has 0 radical (unpaired) electrons. The number of nitrogens with one attached hydrogen (secondary N) is 2. The second-order valence-electron chi connectivity index (χ2n) is 5.36. The Morgan fingerprint density at radius 1 is 1.17 bits per heavy atom.